The highest BCUT2D eigenvalue weighted by atomic mass is 16.6. The van der Waals surface area contributed by atoms with Crippen molar-refractivity contribution < 1.29 is 4.92 Å². The van der Waals surface area contributed by atoms with E-state index < -0.39 is 4.92 Å². The number of nitrogens with two attached hydrogens (primary N) is 1. The molecular formula is C10H14N4O2. The second-order valence-electron chi connectivity index (χ2n) is 3.86. The van der Waals surface area contributed by atoms with Crippen molar-refractivity contribution >= 4 is 11.5 Å². The minimum Gasteiger partial charge on any atom is -0.352 e. The molecule has 2 rings (SSSR count). The fraction of sp³-hybridized carbons (Fsp3) is 0.500. The first-order valence-electron chi connectivity index (χ1n) is 5.29. The van der Waals surface area contributed by atoms with E-state index in [9.17, 15) is 10.1 Å². The Bertz CT molecular complexity index is 379. The Kier molecular flexibility index (Phi) is 3.00. The monoisotopic (exact) mass is 222 g/mol. The van der Waals surface area contributed by atoms with Crippen LogP contribution in [0.25, 0.3) is 0 Å². The first-order chi connectivity index (χ1) is 7.72. The summed E-state index contributed by atoms with van der Waals surface area (Å²) in [7, 11) is 0. The van der Waals surface area contributed by atoms with Crippen LogP contribution in [0.4, 0.5) is 11.5 Å². The highest BCUT2D eigenvalue weighted by Crippen LogP contribution is 2.24. The van der Waals surface area contributed by atoms with Crippen LogP contribution in [-0.4, -0.2) is 29.0 Å². The number of nitro groups is 1. The summed E-state index contributed by atoms with van der Waals surface area (Å²) in [6, 6.07) is 3.48. The Morgan fingerprint density at radius 2 is 2.44 bits per heavy atom. The van der Waals surface area contributed by atoms with Crippen LogP contribution in [0.2, 0.25) is 0 Å². The van der Waals surface area contributed by atoms with Crippen molar-refractivity contribution in [1.82, 2.24) is 4.98 Å². The number of hydrogen-bond donors (Lipinski definition) is 1. The normalized spacial score (nSPS) is 20.1. The van der Waals surface area contributed by atoms with Gasteiger partial charge in [0.2, 0.25) is 0 Å². The molecule has 0 amide bonds. The number of pyridine rings is 1. The van der Waals surface area contributed by atoms with Crippen LogP contribution in [0.1, 0.15) is 12.8 Å². The molecule has 86 valence electrons. The lowest BCUT2D eigenvalue weighted by molar-refractivity contribution is -0.385. The summed E-state index contributed by atoms with van der Waals surface area (Å²) in [5.41, 5.74) is 5.68. The van der Waals surface area contributed by atoms with Crippen LogP contribution in [0.15, 0.2) is 18.3 Å². The Morgan fingerprint density at radius 1 is 1.62 bits per heavy atom. The van der Waals surface area contributed by atoms with Gasteiger partial charge in [-0.1, -0.05) is 0 Å². The van der Waals surface area contributed by atoms with Gasteiger partial charge in [0.05, 0.1) is 4.92 Å². The minimum atomic E-state index is -0.443. The minimum absolute atomic E-state index is 0.0206. The first-order valence-corrected chi connectivity index (χ1v) is 5.29. The maximum absolute atomic E-state index is 10.5. The van der Waals surface area contributed by atoms with Gasteiger partial charge in [-0.05, 0) is 18.9 Å². The second kappa shape index (κ2) is 4.44. The molecule has 16 heavy (non-hydrogen) atoms. The van der Waals surface area contributed by atoms with Crippen LogP contribution in [0.5, 0.6) is 0 Å². The summed E-state index contributed by atoms with van der Waals surface area (Å²) < 4.78 is 0. The van der Waals surface area contributed by atoms with Gasteiger partial charge in [0, 0.05) is 25.2 Å². The Labute approximate surface area is 93.2 Å². The smallest absolute Gasteiger partial charge is 0.287 e. The molecule has 1 atom stereocenters. The molecule has 0 unspecified atom stereocenters. The molecule has 1 aliphatic rings. The van der Waals surface area contributed by atoms with Crippen LogP contribution < -0.4 is 10.6 Å². The molecule has 1 aromatic heterocycles. The van der Waals surface area contributed by atoms with E-state index in [1.54, 1.807) is 6.07 Å². The van der Waals surface area contributed by atoms with E-state index in [0.717, 1.165) is 25.2 Å². The predicted molar refractivity (Wildman–Crippen MR) is 60.3 cm³/mol. The molecule has 6 heteroatoms. The van der Waals surface area contributed by atoms with Gasteiger partial charge in [0.1, 0.15) is 12.0 Å². The fourth-order valence-corrected chi connectivity index (χ4v) is 2.04. The highest BCUT2D eigenvalue weighted by Gasteiger charge is 2.24. The SMILES string of the molecule is NC[C@H]1CCCN1c1ccc([N+](=O)[O-])cn1. The van der Waals surface area contributed by atoms with E-state index in [0.29, 0.717) is 12.6 Å². The molecule has 0 spiro atoms. The number of hydrogen-bond acceptors (Lipinski definition) is 5. The summed E-state index contributed by atoms with van der Waals surface area (Å²) in [4.78, 5) is 16.3. The van der Waals surface area contributed by atoms with E-state index in [-0.39, 0.29) is 5.69 Å². The quantitative estimate of drug-likeness (QED) is 0.607. The van der Waals surface area contributed by atoms with Crippen LogP contribution >= 0.6 is 0 Å². The zero-order valence-corrected chi connectivity index (χ0v) is 8.87. The molecule has 6 nitrogen and oxygen atoms in total. The van der Waals surface area contributed by atoms with E-state index >= 15 is 0 Å². The number of anilines is 1. The van der Waals surface area contributed by atoms with Gasteiger partial charge in [-0.3, -0.25) is 10.1 Å². The number of aromatic nitrogens is 1. The van der Waals surface area contributed by atoms with Crippen molar-refractivity contribution in [2.45, 2.75) is 18.9 Å². The third-order valence-corrected chi connectivity index (χ3v) is 2.89. The summed E-state index contributed by atoms with van der Waals surface area (Å²) in [6.07, 6.45) is 3.46. The second-order valence-corrected chi connectivity index (χ2v) is 3.86. The van der Waals surface area contributed by atoms with Gasteiger partial charge in [0.25, 0.3) is 5.69 Å². The molecule has 0 saturated carbocycles. The van der Waals surface area contributed by atoms with Crippen molar-refractivity contribution in [2.75, 3.05) is 18.0 Å². The van der Waals surface area contributed by atoms with Crippen molar-refractivity contribution in [1.29, 1.82) is 0 Å². The maximum atomic E-state index is 10.5. The fourth-order valence-electron chi connectivity index (χ4n) is 2.04. The van der Waals surface area contributed by atoms with Gasteiger partial charge >= 0.3 is 0 Å². The molecule has 0 aliphatic carbocycles. The Morgan fingerprint density at radius 3 is 3.00 bits per heavy atom. The molecule has 1 aromatic rings. The lowest BCUT2D eigenvalue weighted by atomic mass is 10.2. The van der Waals surface area contributed by atoms with Crippen molar-refractivity contribution in [3.8, 4) is 0 Å². The molecule has 2 heterocycles. The molecule has 1 saturated heterocycles. The van der Waals surface area contributed by atoms with E-state index in [4.69, 9.17) is 5.73 Å². The third-order valence-electron chi connectivity index (χ3n) is 2.89. The maximum Gasteiger partial charge on any atom is 0.287 e. The Balaban J connectivity index is 2.18. The molecule has 0 aromatic carbocycles. The van der Waals surface area contributed by atoms with Crippen molar-refractivity contribution in [3.63, 3.8) is 0 Å². The average molecular weight is 222 g/mol. The summed E-state index contributed by atoms with van der Waals surface area (Å²) in [5.74, 6) is 0.776. The van der Waals surface area contributed by atoms with E-state index in [1.807, 2.05) is 0 Å². The van der Waals surface area contributed by atoms with Gasteiger partial charge in [-0.2, -0.15) is 0 Å². The lowest BCUT2D eigenvalue weighted by Crippen LogP contribution is -2.35. The van der Waals surface area contributed by atoms with Gasteiger partial charge in [0.15, 0.2) is 0 Å². The summed E-state index contributed by atoms with van der Waals surface area (Å²) >= 11 is 0. The Hall–Kier alpha value is -1.69. The highest BCUT2D eigenvalue weighted by molar-refractivity contribution is 5.44. The van der Waals surface area contributed by atoms with Gasteiger partial charge < -0.3 is 10.6 Å². The molecule has 0 radical (unpaired) electrons. The zero-order chi connectivity index (χ0) is 11.5. The molecule has 0 bridgehead atoms. The van der Waals surface area contributed by atoms with Crippen LogP contribution in [0.3, 0.4) is 0 Å². The zero-order valence-electron chi connectivity index (χ0n) is 8.87. The van der Waals surface area contributed by atoms with Gasteiger partial charge in [-0.25, -0.2) is 4.98 Å². The van der Waals surface area contributed by atoms with Gasteiger partial charge in [-0.15, -0.1) is 0 Å². The van der Waals surface area contributed by atoms with Crippen molar-refractivity contribution in [3.05, 3.63) is 28.4 Å². The van der Waals surface area contributed by atoms with Crippen LogP contribution in [-0.2, 0) is 0 Å². The molecule has 2 N–H and O–H groups in total. The van der Waals surface area contributed by atoms with Crippen LogP contribution in [0, 0.1) is 10.1 Å². The molecule has 1 fully saturated rings. The molecular weight excluding hydrogens is 208 g/mol. The third kappa shape index (κ3) is 1.96. The lowest BCUT2D eigenvalue weighted by Gasteiger charge is -2.24. The number of nitrogens with zero attached hydrogens (tertiary/aromatic N) is 3. The summed E-state index contributed by atoms with van der Waals surface area (Å²) in [6.45, 7) is 1.52. The largest absolute Gasteiger partial charge is 0.352 e. The number of rotatable bonds is 3. The van der Waals surface area contributed by atoms with Crippen molar-refractivity contribution in [2.24, 2.45) is 5.73 Å². The van der Waals surface area contributed by atoms with E-state index in [2.05, 4.69) is 9.88 Å². The first kappa shape index (κ1) is 10.8. The standard InChI is InChI=1S/C10H14N4O2/c11-6-8-2-1-5-13(8)10-4-3-9(7-12-10)14(15)16/h3-4,7-8H,1-2,5-6,11H2/t8-/m1/s1. The predicted octanol–water partition coefficient (Wildman–Crippen LogP) is 0.917. The summed E-state index contributed by atoms with van der Waals surface area (Å²) in [5, 5.41) is 10.5. The van der Waals surface area contributed by atoms with E-state index in [1.165, 1.54) is 12.3 Å². The average Bonchev–Trinajstić information content (AvgIpc) is 2.77. The topological polar surface area (TPSA) is 85.3 Å². The molecule has 1 aliphatic heterocycles.